The Morgan fingerprint density at radius 1 is 1.15 bits per heavy atom. The predicted molar refractivity (Wildman–Crippen MR) is 99.9 cm³/mol. The Morgan fingerprint density at radius 2 is 1.88 bits per heavy atom. The minimum absolute atomic E-state index is 0.164. The highest BCUT2D eigenvalue weighted by Crippen LogP contribution is 2.22. The molecule has 7 nitrogen and oxygen atoms in total. The van der Waals surface area contributed by atoms with E-state index in [4.69, 9.17) is 4.74 Å². The molecule has 4 heterocycles. The molecule has 3 aromatic heterocycles. The number of fused-ring (bicyclic) bond motifs is 1. The van der Waals surface area contributed by atoms with E-state index in [9.17, 15) is 4.79 Å². The molecule has 0 saturated carbocycles. The van der Waals surface area contributed by atoms with Crippen molar-refractivity contribution in [3.8, 4) is 0 Å². The first-order valence-corrected chi connectivity index (χ1v) is 8.68. The summed E-state index contributed by atoms with van der Waals surface area (Å²) in [6.45, 7) is 6.71. The number of morpholine rings is 1. The number of pyridine rings is 1. The number of aryl methyl sites for hydroxylation is 2. The summed E-state index contributed by atoms with van der Waals surface area (Å²) in [6.07, 6.45) is 3.74. The number of carbonyl (C=O) groups is 1. The zero-order chi connectivity index (χ0) is 18.1. The van der Waals surface area contributed by atoms with E-state index in [1.165, 1.54) is 0 Å². The van der Waals surface area contributed by atoms with Crippen LogP contribution >= 0.6 is 0 Å². The van der Waals surface area contributed by atoms with Gasteiger partial charge < -0.3 is 19.4 Å². The fourth-order valence-electron chi connectivity index (χ4n) is 3.15. The van der Waals surface area contributed by atoms with Crippen molar-refractivity contribution >= 4 is 23.1 Å². The third kappa shape index (κ3) is 3.13. The van der Waals surface area contributed by atoms with Gasteiger partial charge in [0.15, 0.2) is 0 Å². The van der Waals surface area contributed by atoms with Gasteiger partial charge in [-0.3, -0.25) is 4.79 Å². The molecule has 0 spiro atoms. The summed E-state index contributed by atoms with van der Waals surface area (Å²) in [5.41, 5.74) is 3.77. The van der Waals surface area contributed by atoms with Crippen LogP contribution < -0.4 is 10.2 Å². The molecule has 0 unspecified atom stereocenters. The first-order chi connectivity index (χ1) is 12.6. The molecule has 1 amide bonds. The van der Waals surface area contributed by atoms with Crippen LogP contribution in [0.25, 0.3) is 5.52 Å². The third-order valence-corrected chi connectivity index (χ3v) is 4.56. The number of hydrogen-bond acceptors (Lipinski definition) is 5. The van der Waals surface area contributed by atoms with E-state index in [-0.39, 0.29) is 5.91 Å². The highest BCUT2D eigenvalue weighted by molar-refractivity contribution is 6.05. The van der Waals surface area contributed by atoms with Crippen molar-refractivity contribution in [2.45, 2.75) is 13.8 Å². The van der Waals surface area contributed by atoms with E-state index < -0.39 is 0 Å². The van der Waals surface area contributed by atoms with Gasteiger partial charge >= 0.3 is 0 Å². The number of ether oxygens (including phenoxy) is 1. The van der Waals surface area contributed by atoms with Gasteiger partial charge in [0, 0.05) is 31.0 Å². The molecular formula is C19H21N5O2. The van der Waals surface area contributed by atoms with Crippen molar-refractivity contribution in [1.29, 1.82) is 0 Å². The number of nitrogens with one attached hydrogen (secondary N) is 1. The van der Waals surface area contributed by atoms with E-state index in [0.29, 0.717) is 30.4 Å². The highest BCUT2D eigenvalue weighted by Gasteiger charge is 2.18. The summed E-state index contributed by atoms with van der Waals surface area (Å²) in [5, 5.41) is 2.97. The number of nitrogens with zero attached hydrogens (tertiary/aromatic N) is 4. The number of amides is 1. The fourth-order valence-corrected chi connectivity index (χ4v) is 3.15. The molecule has 134 valence electrons. The molecule has 1 aliphatic rings. The Hall–Kier alpha value is -2.93. The quantitative estimate of drug-likeness (QED) is 0.785. The van der Waals surface area contributed by atoms with Gasteiger partial charge in [0.05, 0.1) is 35.9 Å². The zero-order valence-electron chi connectivity index (χ0n) is 14.9. The number of aromatic nitrogens is 3. The van der Waals surface area contributed by atoms with Gasteiger partial charge in [-0.1, -0.05) is 6.07 Å². The van der Waals surface area contributed by atoms with E-state index in [0.717, 1.165) is 30.0 Å². The van der Waals surface area contributed by atoms with Crippen LogP contribution in [0.4, 0.5) is 11.6 Å². The molecule has 3 aromatic rings. The molecule has 0 atom stereocenters. The van der Waals surface area contributed by atoms with Crippen molar-refractivity contribution in [2.24, 2.45) is 0 Å². The van der Waals surface area contributed by atoms with Crippen molar-refractivity contribution in [2.75, 3.05) is 36.5 Å². The summed E-state index contributed by atoms with van der Waals surface area (Å²) in [4.78, 5) is 23.9. The van der Waals surface area contributed by atoms with E-state index in [2.05, 4.69) is 20.2 Å². The average molecular weight is 351 g/mol. The van der Waals surface area contributed by atoms with Gasteiger partial charge in [0.25, 0.3) is 5.91 Å². The summed E-state index contributed by atoms with van der Waals surface area (Å²) < 4.78 is 7.30. The second-order valence-electron chi connectivity index (χ2n) is 6.38. The lowest BCUT2D eigenvalue weighted by molar-refractivity contribution is 0.102. The maximum atomic E-state index is 12.7. The smallest absolute Gasteiger partial charge is 0.257 e. The summed E-state index contributed by atoms with van der Waals surface area (Å²) in [6, 6.07) is 7.71. The van der Waals surface area contributed by atoms with Crippen LogP contribution in [-0.2, 0) is 4.74 Å². The van der Waals surface area contributed by atoms with Gasteiger partial charge in [-0.15, -0.1) is 0 Å². The van der Waals surface area contributed by atoms with Crippen LogP contribution in [0.5, 0.6) is 0 Å². The van der Waals surface area contributed by atoms with Gasteiger partial charge in [0.2, 0.25) is 5.95 Å². The molecule has 7 heteroatoms. The number of rotatable bonds is 3. The van der Waals surface area contributed by atoms with Crippen LogP contribution in [-0.4, -0.2) is 46.6 Å². The minimum Gasteiger partial charge on any atom is -0.378 e. The predicted octanol–water partition coefficient (Wildman–Crippen LogP) is 2.44. The van der Waals surface area contributed by atoms with Crippen LogP contribution in [0, 0.1) is 13.8 Å². The summed E-state index contributed by atoms with van der Waals surface area (Å²) in [7, 11) is 0. The Labute approximate surface area is 151 Å². The molecule has 1 aliphatic heterocycles. The first kappa shape index (κ1) is 16.5. The van der Waals surface area contributed by atoms with Crippen molar-refractivity contribution in [3.63, 3.8) is 0 Å². The molecule has 0 bridgehead atoms. The molecule has 1 saturated heterocycles. The molecule has 1 N–H and O–H groups in total. The largest absolute Gasteiger partial charge is 0.378 e. The van der Waals surface area contributed by atoms with Gasteiger partial charge in [-0.2, -0.15) is 0 Å². The van der Waals surface area contributed by atoms with Crippen LogP contribution in [0.2, 0.25) is 0 Å². The van der Waals surface area contributed by atoms with Crippen molar-refractivity contribution < 1.29 is 9.53 Å². The molecular weight excluding hydrogens is 330 g/mol. The second kappa shape index (κ2) is 6.76. The molecule has 1 fully saturated rings. The lowest BCUT2D eigenvalue weighted by atomic mass is 10.2. The van der Waals surface area contributed by atoms with Crippen molar-refractivity contribution in [1.82, 2.24) is 14.4 Å². The Morgan fingerprint density at radius 3 is 2.58 bits per heavy atom. The standard InChI is InChI=1S/C19H21N5O2/c1-13-17(14(2)21-19(20-13)23-7-9-26-10-8-23)22-18(25)15-11-16-5-3-4-6-24(16)12-15/h3-6,11-12H,7-10H2,1-2H3,(H,22,25). The number of carbonyl (C=O) groups excluding carboxylic acids is 1. The SMILES string of the molecule is Cc1nc(N2CCOCC2)nc(C)c1NC(=O)c1cc2ccccn2c1. The van der Waals surface area contributed by atoms with E-state index in [1.54, 1.807) is 0 Å². The van der Waals surface area contributed by atoms with Crippen molar-refractivity contribution in [3.05, 3.63) is 53.6 Å². The maximum absolute atomic E-state index is 12.7. The van der Waals surface area contributed by atoms with Gasteiger partial charge in [-0.25, -0.2) is 9.97 Å². The Kier molecular flexibility index (Phi) is 4.30. The molecule has 26 heavy (non-hydrogen) atoms. The maximum Gasteiger partial charge on any atom is 0.257 e. The molecule has 0 aliphatic carbocycles. The average Bonchev–Trinajstić information content (AvgIpc) is 3.09. The molecule has 0 aromatic carbocycles. The Bertz CT molecular complexity index is 903. The van der Waals surface area contributed by atoms with Crippen LogP contribution in [0.15, 0.2) is 36.7 Å². The van der Waals surface area contributed by atoms with E-state index in [1.807, 2.05) is 54.9 Å². The van der Waals surface area contributed by atoms with Crippen LogP contribution in [0.1, 0.15) is 21.7 Å². The summed E-state index contributed by atoms with van der Waals surface area (Å²) in [5.74, 6) is 0.526. The Balaban J connectivity index is 1.58. The topological polar surface area (TPSA) is 71.8 Å². The van der Waals surface area contributed by atoms with Crippen LogP contribution in [0.3, 0.4) is 0 Å². The number of hydrogen-bond donors (Lipinski definition) is 1. The summed E-state index contributed by atoms with van der Waals surface area (Å²) >= 11 is 0. The first-order valence-electron chi connectivity index (χ1n) is 8.68. The van der Waals surface area contributed by atoms with Gasteiger partial charge in [-0.05, 0) is 32.0 Å². The van der Waals surface area contributed by atoms with Gasteiger partial charge in [0.1, 0.15) is 0 Å². The number of anilines is 2. The molecule has 4 rings (SSSR count). The third-order valence-electron chi connectivity index (χ3n) is 4.56. The molecule has 0 radical (unpaired) electrons. The lowest BCUT2D eigenvalue weighted by Gasteiger charge is -2.27. The highest BCUT2D eigenvalue weighted by atomic mass is 16.5. The monoisotopic (exact) mass is 351 g/mol. The minimum atomic E-state index is -0.164. The lowest BCUT2D eigenvalue weighted by Crippen LogP contribution is -2.37. The van der Waals surface area contributed by atoms with E-state index >= 15 is 0 Å². The fraction of sp³-hybridized carbons (Fsp3) is 0.316. The normalized spacial score (nSPS) is 14.6. The second-order valence-corrected chi connectivity index (χ2v) is 6.38. The zero-order valence-corrected chi connectivity index (χ0v) is 14.9.